The molecule has 0 aliphatic carbocycles. The minimum absolute atomic E-state index is 0.0584. The van der Waals surface area contributed by atoms with Gasteiger partial charge in [0.15, 0.2) is 5.96 Å². The molecule has 0 saturated carbocycles. The van der Waals surface area contributed by atoms with Gasteiger partial charge in [-0.05, 0) is 25.8 Å². The second-order valence-electron chi connectivity index (χ2n) is 6.22. The molecule has 1 aromatic carbocycles. The molecule has 1 heterocycles. The first-order valence-corrected chi connectivity index (χ1v) is 8.65. The fourth-order valence-corrected chi connectivity index (χ4v) is 2.21. The fourth-order valence-electron chi connectivity index (χ4n) is 2.21. The maximum absolute atomic E-state index is 11.8. The Morgan fingerprint density at radius 1 is 1.19 bits per heavy atom. The maximum atomic E-state index is 11.8. The quantitative estimate of drug-likeness (QED) is 0.582. The van der Waals surface area contributed by atoms with Crippen LogP contribution in [0.15, 0.2) is 39.7 Å². The van der Waals surface area contributed by atoms with Gasteiger partial charge in [-0.3, -0.25) is 4.79 Å². The molecule has 0 unspecified atom stereocenters. The summed E-state index contributed by atoms with van der Waals surface area (Å²) in [6, 6.07) is 10.2. The third-order valence-electron chi connectivity index (χ3n) is 3.90. The third kappa shape index (κ3) is 6.23. The summed E-state index contributed by atoms with van der Waals surface area (Å²) >= 11 is 0. The molecule has 7 heteroatoms. The van der Waals surface area contributed by atoms with Crippen molar-refractivity contribution in [1.29, 1.82) is 0 Å². The predicted octanol–water partition coefficient (Wildman–Crippen LogP) is 1.66. The summed E-state index contributed by atoms with van der Waals surface area (Å²) < 4.78 is 5.57. The third-order valence-corrected chi connectivity index (χ3v) is 3.90. The molecule has 0 aliphatic heterocycles. The van der Waals surface area contributed by atoms with Gasteiger partial charge in [-0.2, -0.15) is 0 Å². The molecular weight excluding hydrogens is 330 g/mol. The van der Waals surface area contributed by atoms with Crippen molar-refractivity contribution in [2.75, 3.05) is 27.2 Å². The van der Waals surface area contributed by atoms with E-state index < -0.39 is 0 Å². The molecule has 0 bridgehead atoms. The van der Waals surface area contributed by atoms with Crippen LogP contribution in [0.1, 0.15) is 22.9 Å². The molecule has 0 radical (unpaired) electrons. The van der Waals surface area contributed by atoms with E-state index >= 15 is 0 Å². The molecule has 0 fully saturated rings. The van der Waals surface area contributed by atoms with Crippen molar-refractivity contribution >= 4 is 11.9 Å². The summed E-state index contributed by atoms with van der Waals surface area (Å²) in [5.41, 5.74) is 2.11. The number of amides is 1. The highest BCUT2D eigenvalue weighted by atomic mass is 16.4. The smallest absolute Gasteiger partial charge is 0.243 e. The Balaban J connectivity index is 1.93. The number of aromatic nitrogens is 1. The fraction of sp³-hybridized carbons (Fsp3) is 0.421. The molecule has 7 nitrogen and oxygen atoms in total. The number of guanidine groups is 1. The van der Waals surface area contributed by atoms with E-state index in [0.717, 1.165) is 17.9 Å². The predicted molar refractivity (Wildman–Crippen MR) is 102 cm³/mol. The summed E-state index contributed by atoms with van der Waals surface area (Å²) in [6.45, 7) is 4.98. The zero-order valence-electron chi connectivity index (χ0n) is 15.9. The van der Waals surface area contributed by atoms with Crippen molar-refractivity contribution in [3.05, 3.63) is 53.2 Å². The van der Waals surface area contributed by atoms with Crippen molar-refractivity contribution in [2.45, 2.75) is 26.8 Å². The summed E-state index contributed by atoms with van der Waals surface area (Å²) in [6.07, 6.45) is 0.861. The van der Waals surface area contributed by atoms with E-state index in [0.29, 0.717) is 24.9 Å². The number of carbonyl (C=O) groups excluding carboxylic acids is 1. The van der Waals surface area contributed by atoms with Gasteiger partial charge in [0, 0.05) is 20.6 Å². The Bertz CT molecular complexity index is 718. The summed E-state index contributed by atoms with van der Waals surface area (Å²) in [5, 5.41) is 6.42. The Kier molecular flexibility index (Phi) is 7.20. The number of aryl methyl sites for hydroxylation is 2. The second-order valence-corrected chi connectivity index (χ2v) is 6.22. The lowest BCUT2D eigenvalue weighted by atomic mass is 10.1. The van der Waals surface area contributed by atoms with E-state index in [-0.39, 0.29) is 12.5 Å². The van der Waals surface area contributed by atoms with Gasteiger partial charge in [-0.15, -0.1) is 0 Å². The van der Waals surface area contributed by atoms with Crippen LogP contribution in [0.4, 0.5) is 0 Å². The summed E-state index contributed by atoms with van der Waals surface area (Å²) in [4.78, 5) is 22.0. The summed E-state index contributed by atoms with van der Waals surface area (Å²) in [7, 11) is 3.43. The topological polar surface area (TPSA) is 82.8 Å². The van der Waals surface area contributed by atoms with Gasteiger partial charge in [-0.1, -0.05) is 30.3 Å². The molecule has 2 N–H and O–H groups in total. The zero-order valence-corrected chi connectivity index (χ0v) is 15.9. The van der Waals surface area contributed by atoms with Gasteiger partial charge in [0.05, 0.1) is 12.2 Å². The number of likely N-dealkylation sites (N-methyl/N-ethyl adjacent to an activating group) is 1. The van der Waals surface area contributed by atoms with Crippen molar-refractivity contribution in [3.63, 3.8) is 0 Å². The number of benzene rings is 1. The molecule has 0 aliphatic rings. The van der Waals surface area contributed by atoms with E-state index in [2.05, 4.69) is 32.7 Å². The van der Waals surface area contributed by atoms with Gasteiger partial charge >= 0.3 is 0 Å². The number of oxazole rings is 1. The van der Waals surface area contributed by atoms with Gasteiger partial charge < -0.3 is 20.0 Å². The molecule has 0 atom stereocenters. The van der Waals surface area contributed by atoms with E-state index in [1.165, 1.54) is 10.5 Å². The van der Waals surface area contributed by atoms with Crippen LogP contribution < -0.4 is 10.6 Å². The average molecular weight is 357 g/mol. The molecular formula is C19H27N5O2. The SMILES string of the molecule is Cc1nc(CNC(=NCC(=O)N(C)C)NCCc2ccccc2)oc1C. The zero-order chi connectivity index (χ0) is 18.9. The first-order valence-electron chi connectivity index (χ1n) is 8.65. The molecule has 140 valence electrons. The Morgan fingerprint density at radius 3 is 2.54 bits per heavy atom. The van der Waals surface area contributed by atoms with Gasteiger partial charge in [-0.25, -0.2) is 9.98 Å². The van der Waals surface area contributed by atoms with Crippen LogP contribution in [0.5, 0.6) is 0 Å². The van der Waals surface area contributed by atoms with Crippen LogP contribution in [0.25, 0.3) is 0 Å². The molecule has 1 amide bonds. The largest absolute Gasteiger partial charge is 0.444 e. The van der Waals surface area contributed by atoms with Gasteiger partial charge in [0.1, 0.15) is 12.3 Å². The van der Waals surface area contributed by atoms with Crippen molar-refractivity contribution < 1.29 is 9.21 Å². The first kappa shape index (κ1) is 19.5. The number of hydrogen-bond donors (Lipinski definition) is 2. The summed E-state index contributed by atoms with van der Waals surface area (Å²) in [5.74, 6) is 1.90. The molecule has 0 saturated heterocycles. The molecule has 2 rings (SSSR count). The Hall–Kier alpha value is -2.83. The van der Waals surface area contributed by atoms with Crippen LogP contribution >= 0.6 is 0 Å². The molecule has 2 aromatic rings. The Labute approximate surface area is 154 Å². The van der Waals surface area contributed by atoms with Gasteiger partial charge in [0.2, 0.25) is 11.8 Å². The minimum atomic E-state index is -0.0584. The average Bonchev–Trinajstić information content (AvgIpc) is 2.95. The van der Waals surface area contributed by atoms with E-state index in [9.17, 15) is 4.79 Å². The molecule has 26 heavy (non-hydrogen) atoms. The number of rotatable bonds is 7. The highest BCUT2D eigenvalue weighted by molar-refractivity contribution is 5.84. The Morgan fingerprint density at radius 2 is 1.92 bits per heavy atom. The number of aliphatic imine (C=N–C) groups is 1. The first-order chi connectivity index (χ1) is 12.5. The van der Waals surface area contributed by atoms with E-state index in [1.54, 1.807) is 14.1 Å². The van der Waals surface area contributed by atoms with Crippen LogP contribution in [-0.2, 0) is 17.8 Å². The van der Waals surface area contributed by atoms with Crippen LogP contribution in [0, 0.1) is 13.8 Å². The van der Waals surface area contributed by atoms with Crippen LogP contribution in [0.2, 0.25) is 0 Å². The lowest BCUT2D eigenvalue weighted by Gasteiger charge is -2.13. The number of nitrogens with zero attached hydrogens (tertiary/aromatic N) is 3. The van der Waals surface area contributed by atoms with E-state index in [4.69, 9.17) is 4.42 Å². The number of carbonyl (C=O) groups is 1. The van der Waals surface area contributed by atoms with Crippen molar-refractivity contribution in [2.24, 2.45) is 4.99 Å². The van der Waals surface area contributed by atoms with Gasteiger partial charge in [0.25, 0.3) is 0 Å². The maximum Gasteiger partial charge on any atom is 0.243 e. The number of nitrogens with one attached hydrogen (secondary N) is 2. The minimum Gasteiger partial charge on any atom is -0.444 e. The molecule has 0 spiro atoms. The lowest BCUT2D eigenvalue weighted by Crippen LogP contribution is -2.39. The van der Waals surface area contributed by atoms with Crippen LogP contribution in [-0.4, -0.2) is 48.9 Å². The van der Waals surface area contributed by atoms with E-state index in [1.807, 2.05) is 32.0 Å². The second kappa shape index (κ2) is 9.60. The normalized spacial score (nSPS) is 11.3. The molecule has 1 aromatic heterocycles. The standard InChI is InChI=1S/C19H27N5O2/c1-14-15(2)26-17(23-14)12-21-19(22-13-18(25)24(3)4)20-11-10-16-8-6-5-7-9-16/h5-9H,10-13H2,1-4H3,(H2,20,21,22). The highest BCUT2D eigenvalue weighted by Gasteiger charge is 2.08. The number of hydrogen-bond acceptors (Lipinski definition) is 4. The lowest BCUT2D eigenvalue weighted by molar-refractivity contribution is -0.127. The monoisotopic (exact) mass is 357 g/mol. The van der Waals surface area contributed by atoms with Crippen molar-refractivity contribution in [3.8, 4) is 0 Å². The highest BCUT2D eigenvalue weighted by Crippen LogP contribution is 2.07. The van der Waals surface area contributed by atoms with Crippen molar-refractivity contribution in [1.82, 2.24) is 20.5 Å². The van der Waals surface area contributed by atoms with Crippen LogP contribution in [0.3, 0.4) is 0 Å².